The molecule has 0 nitrogen and oxygen atoms in total. The molecule has 1 saturated heterocycles. The van der Waals surface area contributed by atoms with Crippen molar-refractivity contribution in [3.05, 3.63) is 42.2 Å². The normalized spacial score (nSPS) is 28.8. The Kier molecular flexibility index (Phi) is 16.8. The molecule has 1 aliphatic heterocycles. The molecule has 0 amide bonds. The van der Waals surface area contributed by atoms with Gasteiger partial charge in [-0.05, 0) is 85.1 Å². The second kappa shape index (κ2) is 15.1. The molecule has 2 aliphatic rings. The Morgan fingerprint density at radius 2 is 1.24 bits per heavy atom. The molecule has 0 bridgehead atoms. The van der Waals surface area contributed by atoms with Gasteiger partial charge in [-0.3, -0.25) is 0 Å². The summed E-state index contributed by atoms with van der Waals surface area (Å²) in [6.45, 7) is 17.4. The van der Waals surface area contributed by atoms with E-state index in [1.54, 1.807) is 0 Å². The summed E-state index contributed by atoms with van der Waals surface area (Å²) in [6.07, 6.45) is 14.0. The van der Waals surface area contributed by atoms with Crippen molar-refractivity contribution in [1.29, 1.82) is 0 Å². The molecule has 2 rings (SSSR count). The minimum atomic E-state index is -10.7. The Hall–Kier alpha value is 1.56. The summed E-state index contributed by atoms with van der Waals surface area (Å²) in [6, 6.07) is 0. The third kappa shape index (κ3) is 21.4. The largest absolute Gasteiger partial charge is 2.00 e. The van der Waals surface area contributed by atoms with Crippen LogP contribution in [-0.4, -0.2) is 42.6 Å². The van der Waals surface area contributed by atoms with Crippen molar-refractivity contribution >= 4 is 32.9 Å². The fourth-order valence-corrected chi connectivity index (χ4v) is 9.59. The van der Waals surface area contributed by atoms with Crippen LogP contribution >= 0.6 is 32.9 Å². The maximum absolute atomic E-state index is 10.7. The predicted octanol–water partition coefficient (Wildman–Crippen LogP) is 10.5. The zero-order valence-corrected chi connectivity index (χ0v) is 25.4. The molecular formula is C22H40F6FeP4+. The molecule has 4 atom stereocenters. The zero-order chi connectivity index (χ0) is 25.2. The maximum atomic E-state index is 9.87. The van der Waals surface area contributed by atoms with E-state index in [1.807, 2.05) is 0 Å². The van der Waals surface area contributed by atoms with Gasteiger partial charge in [0.2, 0.25) is 0 Å². The van der Waals surface area contributed by atoms with Crippen LogP contribution in [-0.2, 0) is 17.1 Å². The topological polar surface area (TPSA) is 0 Å². The van der Waals surface area contributed by atoms with Crippen molar-refractivity contribution in [3.8, 4) is 0 Å². The summed E-state index contributed by atoms with van der Waals surface area (Å²) in [5.74, 6) is 7.34. The smallest absolute Gasteiger partial charge is 2.00 e. The molecule has 1 saturated carbocycles. The number of hydrogen-bond acceptors (Lipinski definition) is 0. The standard InChI is InChI=1S/C12H25P3.C10H15.F6P.Fe/c1-3-9-15-10-5-7-13-6-4-8-14-12(2)11-15;1-6-7(2)9(4)10(5)8(6)3;1-7(2,3,4,5)6;/h3,12-14H,1,4-11H2,2H3;1-5H3;;/q;;-1;+2. The molecule has 0 aromatic heterocycles. The number of halogens is 6. The molecule has 0 aromatic carbocycles. The quantitative estimate of drug-likeness (QED) is 0.128. The molecule has 11 heteroatoms. The summed E-state index contributed by atoms with van der Waals surface area (Å²) in [7, 11) is -7.88. The van der Waals surface area contributed by atoms with Crippen LogP contribution in [0.25, 0.3) is 0 Å². The van der Waals surface area contributed by atoms with Gasteiger partial charge in [0.05, 0.1) is 0 Å². The van der Waals surface area contributed by atoms with Crippen LogP contribution in [0.3, 0.4) is 0 Å². The number of hydrogen-bond donors (Lipinski definition) is 0. The monoisotopic (exact) mass is 598 g/mol. The fraction of sp³-hybridized carbons (Fsp3) is 0.682. The second-order valence-corrected chi connectivity index (χ2v) is 16.3. The van der Waals surface area contributed by atoms with E-state index in [0.717, 1.165) is 5.66 Å². The SMILES string of the molecule is C=CCP1CCCPCCCPC(C)C1.C[C]1[C](C)[C](C)[C](C)[C]1C.F[P-](F)(F)(F)(F)F.[Fe+2]. The van der Waals surface area contributed by atoms with E-state index < -0.39 is 7.81 Å². The van der Waals surface area contributed by atoms with E-state index >= 15 is 0 Å². The first-order chi connectivity index (χ1) is 14.3. The van der Waals surface area contributed by atoms with Crippen molar-refractivity contribution in [2.75, 3.05) is 37.0 Å². The van der Waals surface area contributed by atoms with Gasteiger partial charge >= 0.3 is 50.1 Å². The van der Waals surface area contributed by atoms with E-state index in [2.05, 4.69) is 54.2 Å². The summed E-state index contributed by atoms with van der Waals surface area (Å²) in [4.78, 5) is 0. The van der Waals surface area contributed by atoms with Crippen molar-refractivity contribution in [1.82, 2.24) is 0 Å². The van der Waals surface area contributed by atoms with Crippen molar-refractivity contribution in [2.45, 2.75) is 60.0 Å². The van der Waals surface area contributed by atoms with E-state index in [1.165, 1.54) is 96.6 Å². The van der Waals surface area contributed by atoms with Gasteiger partial charge in [-0.1, -0.05) is 47.6 Å². The van der Waals surface area contributed by atoms with E-state index in [-0.39, 0.29) is 17.1 Å². The van der Waals surface area contributed by atoms with Gasteiger partial charge in [0.25, 0.3) is 0 Å². The first-order valence-corrected chi connectivity index (χ1v) is 17.5. The minimum Gasteiger partial charge on any atom is 2.00 e. The van der Waals surface area contributed by atoms with Crippen molar-refractivity contribution in [3.63, 3.8) is 0 Å². The van der Waals surface area contributed by atoms with Crippen molar-refractivity contribution in [2.24, 2.45) is 0 Å². The second-order valence-electron chi connectivity index (χ2n) is 8.44. The molecular weight excluding hydrogens is 558 g/mol. The van der Waals surface area contributed by atoms with Crippen LogP contribution in [0.4, 0.5) is 25.2 Å². The fourth-order valence-electron chi connectivity index (χ4n) is 3.41. The molecule has 197 valence electrons. The number of allylic oxidation sites excluding steroid dienone is 1. The summed E-state index contributed by atoms with van der Waals surface area (Å²) < 4.78 is 59.2. The molecule has 1 heterocycles. The summed E-state index contributed by atoms with van der Waals surface area (Å²) in [5.41, 5.74) is 0.998. The molecule has 5 radical (unpaired) electrons. The zero-order valence-electron chi connectivity index (χ0n) is 20.5. The van der Waals surface area contributed by atoms with Crippen LogP contribution in [0.15, 0.2) is 12.7 Å². The summed E-state index contributed by atoms with van der Waals surface area (Å²) in [5, 5.41) is 0. The molecule has 2 fully saturated rings. The molecule has 33 heavy (non-hydrogen) atoms. The van der Waals surface area contributed by atoms with Gasteiger partial charge in [0.15, 0.2) is 0 Å². The van der Waals surface area contributed by atoms with Crippen LogP contribution in [0, 0.1) is 29.6 Å². The summed E-state index contributed by atoms with van der Waals surface area (Å²) >= 11 is 0. The van der Waals surface area contributed by atoms with Gasteiger partial charge in [-0.15, -0.1) is 31.7 Å². The predicted molar refractivity (Wildman–Crippen MR) is 140 cm³/mol. The maximum Gasteiger partial charge on any atom is 2.00 e. The molecule has 4 unspecified atom stereocenters. The van der Waals surface area contributed by atoms with Gasteiger partial charge in [0.1, 0.15) is 0 Å². The third-order valence-corrected chi connectivity index (χ3v) is 11.7. The van der Waals surface area contributed by atoms with Gasteiger partial charge in [0, 0.05) is 0 Å². The number of rotatable bonds is 2. The molecule has 0 spiro atoms. The van der Waals surface area contributed by atoms with Crippen LogP contribution in [0.1, 0.15) is 54.4 Å². The van der Waals surface area contributed by atoms with Gasteiger partial charge in [-0.2, -0.15) is 0 Å². The Bertz CT molecular complexity index is 490. The van der Waals surface area contributed by atoms with Crippen LogP contribution in [0.5, 0.6) is 0 Å². The van der Waals surface area contributed by atoms with Gasteiger partial charge in [-0.25, -0.2) is 0 Å². The average Bonchev–Trinajstić information content (AvgIpc) is 2.79. The van der Waals surface area contributed by atoms with Crippen LogP contribution < -0.4 is 0 Å². The van der Waals surface area contributed by atoms with E-state index in [0.29, 0.717) is 7.92 Å². The Balaban J connectivity index is 0. The van der Waals surface area contributed by atoms with Gasteiger partial charge < -0.3 is 0 Å². The molecule has 0 N–H and O–H groups in total. The minimum absolute atomic E-state index is 0. The first-order valence-electron chi connectivity index (χ1n) is 10.9. The first kappa shape index (κ1) is 36.7. The Morgan fingerprint density at radius 1 is 0.848 bits per heavy atom. The van der Waals surface area contributed by atoms with Crippen molar-refractivity contribution < 1.29 is 42.3 Å². The Morgan fingerprint density at radius 3 is 1.64 bits per heavy atom. The van der Waals surface area contributed by atoms with Crippen LogP contribution in [0.2, 0.25) is 0 Å². The van der Waals surface area contributed by atoms with E-state index in [4.69, 9.17) is 0 Å². The third-order valence-electron chi connectivity index (χ3n) is 5.58. The molecule has 0 aromatic rings. The molecule has 1 aliphatic carbocycles. The Labute approximate surface area is 214 Å². The van der Waals surface area contributed by atoms with E-state index in [9.17, 15) is 25.2 Å². The average molecular weight is 598 g/mol.